The Balaban J connectivity index is 1.81. The van der Waals surface area contributed by atoms with Crippen molar-refractivity contribution in [3.8, 4) is 0 Å². The molecule has 1 aromatic heterocycles. The fourth-order valence-electron chi connectivity index (χ4n) is 2.52. The van der Waals surface area contributed by atoms with E-state index < -0.39 is 0 Å². The predicted octanol–water partition coefficient (Wildman–Crippen LogP) is 3.60. The number of aromatic nitrogens is 2. The van der Waals surface area contributed by atoms with Gasteiger partial charge in [-0.25, -0.2) is 4.98 Å². The van der Waals surface area contributed by atoms with Gasteiger partial charge in [0.25, 0.3) is 0 Å². The lowest BCUT2D eigenvalue weighted by Crippen LogP contribution is -2.18. The Morgan fingerprint density at radius 2 is 1.91 bits per heavy atom. The number of fused-ring (bicyclic) bond motifs is 1. The number of anilines is 1. The number of amides is 1. The van der Waals surface area contributed by atoms with Gasteiger partial charge in [0.2, 0.25) is 5.91 Å². The van der Waals surface area contributed by atoms with Crippen molar-refractivity contribution in [2.75, 3.05) is 5.32 Å². The summed E-state index contributed by atoms with van der Waals surface area (Å²) < 4.78 is 1.88. The molecule has 0 spiro atoms. The Labute approximate surface area is 129 Å². The first-order valence-corrected chi connectivity index (χ1v) is 7.31. The van der Waals surface area contributed by atoms with Crippen LogP contribution in [0.5, 0.6) is 0 Å². The number of nitrogens with one attached hydrogen (secondary N) is 1. The Morgan fingerprint density at radius 3 is 2.68 bits per heavy atom. The summed E-state index contributed by atoms with van der Waals surface area (Å²) in [5, 5.41) is 2.92. The van der Waals surface area contributed by atoms with E-state index in [9.17, 15) is 4.79 Å². The van der Waals surface area contributed by atoms with Gasteiger partial charge in [-0.05, 0) is 61.7 Å². The normalized spacial score (nSPS) is 10.9. The van der Waals surface area contributed by atoms with Gasteiger partial charge in [0.1, 0.15) is 6.54 Å². The summed E-state index contributed by atoms with van der Waals surface area (Å²) in [7, 11) is 0. The van der Waals surface area contributed by atoms with E-state index in [-0.39, 0.29) is 12.5 Å². The second kappa shape index (κ2) is 5.64. The van der Waals surface area contributed by atoms with Crippen molar-refractivity contribution in [3.05, 3.63) is 59.4 Å². The van der Waals surface area contributed by atoms with Crippen LogP contribution in [-0.2, 0) is 11.3 Å². The first kappa shape index (κ1) is 14.3. The van der Waals surface area contributed by atoms with E-state index in [1.165, 1.54) is 11.1 Å². The SMILES string of the molecule is Cc1cccc(NC(=O)Cn2cnc3cc(C)c(C)cc32)c1. The highest BCUT2D eigenvalue weighted by molar-refractivity contribution is 5.91. The van der Waals surface area contributed by atoms with Gasteiger partial charge in [-0.2, -0.15) is 0 Å². The number of hydrogen-bond donors (Lipinski definition) is 1. The Hall–Kier alpha value is -2.62. The van der Waals surface area contributed by atoms with Gasteiger partial charge in [0.05, 0.1) is 17.4 Å². The second-order valence-electron chi connectivity index (χ2n) is 5.72. The zero-order valence-electron chi connectivity index (χ0n) is 13.1. The van der Waals surface area contributed by atoms with Gasteiger partial charge < -0.3 is 9.88 Å². The topological polar surface area (TPSA) is 46.9 Å². The maximum absolute atomic E-state index is 12.2. The monoisotopic (exact) mass is 293 g/mol. The molecule has 0 aliphatic rings. The molecule has 0 aliphatic carbocycles. The fourth-order valence-corrected chi connectivity index (χ4v) is 2.52. The summed E-state index contributed by atoms with van der Waals surface area (Å²) >= 11 is 0. The largest absolute Gasteiger partial charge is 0.325 e. The number of aryl methyl sites for hydroxylation is 3. The molecule has 0 atom stereocenters. The van der Waals surface area contributed by atoms with E-state index in [0.717, 1.165) is 22.3 Å². The highest BCUT2D eigenvalue weighted by Crippen LogP contribution is 2.18. The van der Waals surface area contributed by atoms with Crippen LogP contribution in [0, 0.1) is 20.8 Å². The third-order valence-corrected chi connectivity index (χ3v) is 3.85. The smallest absolute Gasteiger partial charge is 0.244 e. The molecule has 0 saturated heterocycles. The van der Waals surface area contributed by atoms with E-state index in [4.69, 9.17) is 0 Å². The van der Waals surface area contributed by atoms with E-state index >= 15 is 0 Å². The molecule has 0 fully saturated rings. The molecule has 22 heavy (non-hydrogen) atoms. The van der Waals surface area contributed by atoms with Crippen molar-refractivity contribution in [3.63, 3.8) is 0 Å². The second-order valence-corrected chi connectivity index (χ2v) is 5.72. The van der Waals surface area contributed by atoms with E-state index in [1.807, 2.05) is 35.8 Å². The number of carbonyl (C=O) groups excluding carboxylic acids is 1. The van der Waals surface area contributed by atoms with Crippen LogP contribution in [0.2, 0.25) is 0 Å². The number of benzene rings is 2. The molecular formula is C18H19N3O. The molecule has 2 aromatic carbocycles. The number of rotatable bonds is 3. The number of hydrogen-bond acceptors (Lipinski definition) is 2. The van der Waals surface area contributed by atoms with Crippen LogP contribution in [0.1, 0.15) is 16.7 Å². The van der Waals surface area contributed by atoms with Gasteiger partial charge in [0, 0.05) is 5.69 Å². The highest BCUT2D eigenvalue weighted by Gasteiger charge is 2.09. The lowest BCUT2D eigenvalue weighted by Gasteiger charge is -2.08. The van der Waals surface area contributed by atoms with Gasteiger partial charge in [-0.1, -0.05) is 12.1 Å². The Bertz CT molecular complexity index is 849. The van der Waals surface area contributed by atoms with E-state index in [1.54, 1.807) is 6.33 Å². The quantitative estimate of drug-likeness (QED) is 0.802. The third-order valence-electron chi connectivity index (χ3n) is 3.85. The fraction of sp³-hybridized carbons (Fsp3) is 0.222. The van der Waals surface area contributed by atoms with Crippen molar-refractivity contribution < 1.29 is 4.79 Å². The minimum atomic E-state index is -0.0527. The lowest BCUT2D eigenvalue weighted by molar-refractivity contribution is -0.116. The van der Waals surface area contributed by atoms with Crippen LogP contribution in [0.3, 0.4) is 0 Å². The van der Waals surface area contributed by atoms with E-state index in [2.05, 4.69) is 36.3 Å². The van der Waals surface area contributed by atoms with Crippen LogP contribution >= 0.6 is 0 Å². The van der Waals surface area contributed by atoms with Crippen LogP contribution in [-0.4, -0.2) is 15.5 Å². The summed E-state index contributed by atoms with van der Waals surface area (Å²) in [5.74, 6) is -0.0527. The molecule has 4 heteroatoms. The van der Waals surface area contributed by atoms with Crippen molar-refractivity contribution in [2.24, 2.45) is 0 Å². The summed E-state index contributed by atoms with van der Waals surface area (Å²) in [6.45, 7) is 6.40. The number of nitrogens with zero attached hydrogens (tertiary/aromatic N) is 2. The standard InChI is InChI=1S/C18H19N3O/c1-12-5-4-6-15(7-12)20-18(22)10-21-11-19-16-8-13(2)14(3)9-17(16)21/h4-9,11H,10H2,1-3H3,(H,20,22). The maximum atomic E-state index is 12.2. The van der Waals surface area contributed by atoms with Crippen molar-refractivity contribution >= 4 is 22.6 Å². The van der Waals surface area contributed by atoms with Gasteiger partial charge in [-0.15, -0.1) is 0 Å². The van der Waals surface area contributed by atoms with Gasteiger partial charge in [0.15, 0.2) is 0 Å². The molecule has 0 saturated carbocycles. The maximum Gasteiger partial charge on any atom is 0.244 e. The average molecular weight is 293 g/mol. The molecule has 1 amide bonds. The van der Waals surface area contributed by atoms with Crippen LogP contribution < -0.4 is 5.32 Å². The minimum absolute atomic E-state index is 0.0527. The van der Waals surface area contributed by atoms with Crippen LogP contribution in [0.25, 0.3) is 11.0 Å². The zero-order valence-corrected chi connectivity index (χ0v) is 13.1. The number of carbonyl (C=O) groups is 1. The Morgan fingerprint density at radius 1 is 1.14 bits per heavy atom. The summed E-state index contributed by atoms with van der Waals surface area (Å²) in [4.78, 5) is 16.6. The first-order chi connectivity index (χ1) is 10.5. The molecule has 0 bridgehead atoms. The summed E-state index contributed by atoms with van der Waals surface area (Å²) in [5.41, 5.74) is 6.27. The average Bonchev–Trinajstić information content (AvgIpc) is 2.81. The van der Waals surface area contributed by atoms with Crippen molar-refractivity contribution in [2.45, 2.75) is 27.3 Å². The number of imidazole rings is 1. The van der Waals surface area contributed by atoms with Gasteiger partial charge >= 0.3 is 0 Å². The molecule has 1 N–H and O–H groups in total. The highest BCUT2D eigenvalue weighted by atomic mass is 16.1. The van der Waals surface area contributed by atoms with Crippen LogP contribution in [0.4, 0.5) is 5.69 Å². The third kappa shape index (κ3) is 2.86. The van der Waals surface area contributed by atoms with E-state index in [0.29, 0.717) is 0 Å². The summed E-state index contributed by atoms with van der Waals surface area (Å²) in [6.07, 6.45) is 1.72. The molecule has 0 unspecified atom stereocenters. The molecule has 4 nitrogen and oxygen atoms in total. The summed E-state index contributed by atoms with van der Waals surface area (Å²) in [6, 6.07) is 11.9. The minimum Gasteiger partial charge on any atom is -0.325 e. The Kier molecular flexibility index (Phi) is 3.67. The van der Waals surface area contributed by atoms with Crippen LogP contribution in [0.15, 0.2) is 42.7 Å². The first-order valence-electron chi connectivity index (χ1n) is 7.31. The molecule has 0 aliphatic heterocycles. The molecule has 3 aromatic rings. The molecular weight excluding hydrogens is 274 g/mol. The van der Waals surface area contributed by atoms with Crippen molar-refractivity contribution in [1.82, 2.24) is 9.55 Å². The van der Waals surface area contributed by atoms with Gasteiger partial charge in [-0.3, -0.25) is 4.79 Å². The molecule has 0 radical (unpaired) electrons. The molecule has 112 valence electrons. The lowest BCUT2D eigenvalue weighted by atomic mass is 10.1. The predicted molar refractivity (Wildman–Crippen MR) is 89.0 cm³/mol. The van der Waals surface area contributed by atoms with Crippen molar-refractivity contribution in [1.29, 1.82) is 0 Å². The molecule has 3 rings (SSSR count). The molecule has 1 heterocycles. The zero-order chi connectivity index (χ0) is 15.7.